The monoisotopic (exact) mass is 400 g/mol. The summed E-state index contributed by atoms with van der Waals surface area (Å²) in [7, 11) is 0. The Hall–Kier alpha value is -3.27. The third kappa shape index (κ3) is 4.33. The zero-order chi connectivity index (χ0) is 21.1. The molecule has 2 heterocycles. The SMILES string of the molecule is CC(C)(C)c1ccc(C(CC(=O)NCc2ccco2)c2c[nH]c3ccccc23)cc1. The minimum atomic E-state index is -0.0354. The number of benzene rings is 2. The van der Waals surface area contributed by atoms with Gasteiger partial charge in [-0.2, -0.15) is 0 Å². The van der Waals surface area contributed by atoms with Crippen molar-refractivity contribution in [2.75, 3.05) is 0 Å². The molecule has 0 fully saturated rings. The van der Waals surface area contributed by atoms with E-state index < -0.39 is 0 Å². The predicted octanol–water partition coefficient (Wildman–Crippen LogP) is 5.90. The van der Waals surface area contributed by atoms with Crippen LogP contribution < -0.4 is 5.32 Å². The van der Waals surface area contributed by atoms with Crippen LogP contribution >= 0.6 is 0 Å². The molecule has 2 aromatic heterocycles. The zero-order valence-corrected chi connectivity index (χ0v) is 17.7. The summed E-state index contributed by atoms with van der Waals surface area (Å²) < 4.78 is 5.33. The van der Waals surface area contributed by atoms with Crippen molar-refractivity contribution in [3.05, 3.63) is 95.6 Å². The first-order valence-electron chi connectivity index (χ1n) is 10.4. The number of fused-ring (bicyclic) bond motifs is 1. The second-order valence-corrected chi connectivity index (χ2v) is 8.77. The van der Waals surface area contributed by atoms with Crippen LogP contribution in [0.5, 0.6) is 0 Å². The standard InChI is InChI=1S/C26H28N2O2/c1-26(2,3)19-12-10-18(11-13-19)22(15-25(29)28-16-20-7-6-14-30-20)23-17-27-24-9-5-4-8-21(23)24/h4-14,17,22,27H,15-16H2,1-3H3,(H,28,29). The van der Waals surface area contributed by atoms with Gasteiger partial charge in [-0.05, 0) is 40.3 Å². The molecule has 4 rings (SSSR count). The summed E-state index contributed by atoms with van der Waals surface area (Å²) in [5.74, 6) is 0.717. The van der Waals surface area contributed by atoms with Gasteiger partial charge in [0.15, 0.2) is 0 Å². The molecule has 2 N–H and O–H groups in total. The number of rotatable bonds is 6. The largest absolute Gasteiger partial charge is 0.467 e. The Morgan fingerprint density at radius 2 is 1.80 bits per heavy atom. The number of hydrogen-bond acceptors (Lipinski definition) is 2. The van der Waals surface area contributed by atoms with E-state index in [0.717, 1.165) is 27.8 Å². The molecule has 4 nitrogen and oxygen atoms in total. The van der Waals surface area contributed by atoms with Crippen LogP contribution in [-0.4, -0.2) is 10.9 Å². The Kier molecular flexibility index (Phi) is 5.49. The van der Waals surface area contributed by atoms with E-state index in [2.05, 4.69) is 67.5 Å². The maximum atomic E-state index is 12.8. The summed E-state index contributed by atoms with van der Waals surface area (Å²) in [5.41, 5.74) is 4.74. The number of aromatic amines is 1. The van der Waals surface area contributed by atoms with E-state index >= 15 is 0 Å². The highest BCUT2D eigenvalue weighted by atomic mass is 16.3. The molecule has 4 heteroatoms. The Bertz CT molecular complexity index is 1120. The van der Waals surface area contributed by atoms with E-state index in [1.54, 1.807) is 6.26 Å². The first-order chi connectivity index (χ1) is 14.4. The number of hydrogen-bond donors (Lipinski definition) is 2. The quantitative estimate of drug-likeness (QED) is 0.423. The molecule has 30 heavy (non-hydrogen) atoms. The van der Waals surface area contributed by atoms with Crippen LogP contribution in [0.4, 0.5) is 0 Å². The topological polar surface area (TPSA) is 58.0 Å². The van der Waals surface area contributed by atoms with Gasteiger partial charge in [0.1, 0.15) is 5.76 Å². The molecule has 0 saturated carbocycles. The smallest absolute Gasteiger partial charge is 0.221 e. The van der Waals surface area contributed by atoms with E-state index in [-0.39, 0.29) is 17.2 Å². The Morgan fingerprint density at radius 1 is 1.03 bits per heavy atom. The van der Waals surface area contributed by atoms with Gasteiger partial charge in [-0.3, -0.25) is 4.79 Å². The minimum Gasteiger partial charge on any atom is -0.467 e. The van der Waals surface area contributed by atoms with Gasteiger partial charge in [0.2, 0.25) is 5.91 Å². The Balaban J connectivity index is 1.63. The molecule has 0 radical (unpaired) electrons. The van der Waals surface area contributed by atoms with E-state index in [1.807, 2.05) is 30.5 Å². The number of para-hydroxylation sites is 1. The number of carbonyl (C=O) groups excluding carboxylic acids is 1. The predicted molar refractivity (Wildman–Crippen MR) is 120 cm³/mol. The van der Waals surface area contributed by atoms with Crippen molar-refractivity contribution in [2.24, 2.45) is 0 Å². The summed E-state index contributed by atoms with van der Waals surface area (Å²) in [4.78, 5) is 16.2. The highest BCUT2D eigenvalue weighted by Crippen LogP contribution is 2.34. The lowest BCUT2D eigenvalue weighted by Gasteiger charge is -2.21. The molecule has 0 aliphatic rings. The summed E-state index contributed by atoms with van der Waals surface area (Å²) in [5, 5.41) is 4.14. The molecule has 154 valence electrons. The van der Waals surface area contributed by atoms with Crippen molar-refractivity contribution in [1.29, 1.82) is 0 Å². The van der Waals surface area contributed by atoms with Gasteiger partial charge >= 0.3 is 0 Å². The van der Waals surface area contributed by atoms with Crippen LogP contribution in [0.15, 0.2) is 77.5 Å². The molecule has 0 aliphatic heterocycles. The fourth-order valence-corrected chi connectivity index (χ4v) is 3.86. The van der Waals surface area contributed by atoms with Gasteiger partial charge in [-0.25, -0.2) is 0 Å². The normalized spacial score (nSPS) is 12.8. The highest BCUT2D eigenvalue weighted by Gasteiger charge is 2.22. The van der Waals surface area contributed by atoms with Crippen LogP contribution in [0.1, 0.15) is 55.6 Å². The average Bonchev–Trinajstić information content (AvgIpc) is 3.40. The maximum absolute atomic E-state index is 12.8. The molecule has 4 aromatic rings. The second kappa shape index (κ2) is 8.23. The molecule has 0 saturated heterocycles. The zero-order valence-electron chi connectivity index (χ0n) is 17.7. The van der Waals surface area contributed by atoms with Crippen molar-refractivity contribution < 1.29 is 9.21 Å². The van der Waals surface area contributed by atoms with Crippen LogP contribution in [0.3, 0.4) is 0 Å². The van der Waals surface area contributed by atoms with E-state index in [0.29, 0.717) is 13.0 Å². The molecular weight excluding hydrogens is 372 g/mol. The first kappa shape index (κ1) is 20.0. The number of aromatic nitrogens is 1. The summed E-state index contributed by atoms with van der Waals surface area (Å²) in [6.45, 7) is 7.03. The number of furan rings is 1. The number of carbonyl (C=O) groups is 1. The highest BCUT2D eigenvalue weighted by molar-refractivity contribution is 5.86. The van der Waals surface area contributed by atoms with Crippen molar-refractivity contribution in [2.45, 2.75) is 45.1 Å². The molecule has 0 aliphatic carbocycles. The van der Waals surface area contributed by atoms with Crippen LogP contribution in [0.2, 0.25) is 0 Å². The molecular formula is C26H28N2O2. The van der Waals surface area contributed by atoms with Gasteiger partial charge < -0.3 is 14.7 Å². The van der Waals surface area contributed by atoms with Crippen molar-refractivity contribution in [1.82, 2.24) is 10.3 Å². The van der Waals surface area contributed by atoms with E-state index in [4.69, 9.17) is 4.42 Å². The van der Waals surface area contributed by atoms with Gasteiger partial charge in [0, 0.05) is 29.4 Å². The van der Waals surface area contributed by atoms with Crippen LogP contribution in [0.25, 0.3) is 10.9 Å². The fraction of sp³-hybridized carbons (Fsp3) is 0.269. The third-order valence-corrected chi connectivity index (χ3v) is 5.61. The molecule has 2 aromatic carbocycles. The Morgan fingerprint density at radius 3 is 2.50 bits per heavy atom. The lowest BCUT2D eigenvalue weighted by Crippen LogP contribution is -2.24. The summed E-state index contributed by atoms with van der Waals surface area (Å²) >= 11 is 0. The lowest BCUT2D eigenvalue weighted by atomic mass is 9.83. The minimum absolute atomic E-state index is 0.00146. The van der Waals surface area contributed by atoms with E-state index in [9.17, 15) is 4.79 Å². The first-order valence-corrected chi connectivity index (χ1v) is 10.4. The fourth-order valence-electron chi connectivity index (χ4n) is 3.86. The lowest BCUT2D eigenvalue weighted by molar-refractivity contribution is -0.121. The second-order valence-electron chi connectivity index (χ2n) is 8.77. The maximum Gasteiger partial charge on any atom is 0.221 e. The van der Waals surface area contributed by atoms with Crippen molar-refractivity contribution >= 4 is 16.8 Å². The molecule has 1 amide bonds. The van der Waals surface area contributed by atoms with Gasteiger partial charge in [-0.1, -0.05) is 63.2 Å². The van der Waals surface area contributed by atoms with Crippen LogP contribution in [0, 0.1) is 0 Å². The number of H-pyrrole nitrogens is 1. The molecule has 0 bridgehead atoms. The van der Waals surface area contributed by atoms with Gasteiger partial charge in [0.25, 0.3) is 0 Å². The van der Waals surface area contributed by atoms with Crippen molar-refractivity contribution in [3.8, 4) is 0 Å². The van der Waals surface area contributed by atoms with Crippen molar-refractivity contribution in [3.63, 3.8) is 0 Å². The van der Waals surface area contributed by atoms with Gasteiger partial charge in [-0.15, -0.1) is 0 Å². The van der Waals surface area contributed by atoms with Gasteiger partial charge in [0.05, 0.1) is 12.8 Å². The summed E-state index contributed by atoms with van der Waals surface area (Å²) in [6.07, 6.45) is 4.03. The number of nitrogens with one attached hydrogen (secondary N) is 2. The molecule has 1 unspecified atom stereocenters. The van der Waals surface area contributed by atoms with Crippen LogP contribution in [-0.2, 0) is 16.8 Å². The molecule has 0 spiro atoms. The Labute approximate surface area is 177 Å². The average molecular weight is 401 g/mol. The number of amides is 1. The van der Waals surface area contributed by atoms with E-state index in [1.165, 1.54) is 5.56 Å². The molecule has 1 atom stereocenters. The third-order valence-electron chi connectivity index (χ3n) is 5.61. The summed E-state index contributed by atoms with van der Waals surface area (Å²) in [6, 6.07) is 20.6.